The number of anilines is 2. The lowest BCUT2D eigenvalue weighted by Gasteiger charge is -2.32. The molecule has 1 aromatic heterocycles. The minimum atomic E-state index is -0.455. The number of carbonyl (C=O) groups is 1. The van der Waals surface area contributed by atoms with Crippen molar-refractivity contribution in [3.05, 3.63) is 76.1 Å². The molecular weight excluding hydrogens is 413 g/mol. The van der Waals surface area contributed by atoms with E-state index in [2.05, 4.69) is 20.4 Å². The molecule has 1 fully saturated rings. The second kappa shape index (κ2) is 9.09. The highest BCUT2D eigenvalue weighted by molar-refractivity contribution is 5.93. The number of nitrogens with one attached hydrogen (secondary N) is 1. The van der Waals surface area contributed by atoms with Gasteiger partial charge < -0.3 is 10.2 Å². The van der Waals surface area contributed by atoms with E-state index in [0.717, 1.165) is 11.4 Å². The van der Waals surface area contributed by atoms with Crippen molar-refractivity contribution in [3.8, 4) is 11.3 Å². The second-order valence-corrected chi connectivity index (χ2v) is 7.79. The number of hydrogen-bond acceptors (Lipinski definition) is 6. The zero-order chi connectivity index (χ0) is 22.7. The van der Waals surface area contributed by atoms with Gasteiger partial charge in [-0.2, -0.15) is 0 Å². The molecule has 1 amide bonds. The Hall–Kier alpha value is -3.88. The van der Waals surface area contributed by atoms with Crippen LogP contribution in [0.4, 0.5) is 21.6 Å². The summed E-state index contributed by atoms with van der Waals surface area (Å²) in [4.78, 5) is 25.2. The molecule has 4 rings (SSSR count). The number of non-ortho nitro benzene ring substituents is 1. The fourth-order valence-electron chi connectivity index (χ4n) is 3.78. The third-order valence-electron chi connectivity index (χ3n) is 5.66. The molecule has 2 heterocycles. The lowest BCUT2D eigenvalue weighted by atomic mass is 9.95. The predicted octanol–water partition coefficient (Wildman–Crippen LogP) is 4.35. The Kier molecular flexibility index (Phi) is 6.07. The van der Waals surface area contributed by atoms with Gasteiger partial charge in [0, 0.05) is 42.4 Å². The molecule has 0 radical (unpaired) electrons. The Morgan fingerprint density at radius 3 is 2.41 bits per heavy atom. The van der Waals surface area contributed by atoms with Gasteiger partial charge in [-0.15, -0.1) is 10.2 Å². The Morgan fingerprint density at radius 2 is 1.81 bits per heavy atom. The molecule has 0 atom stereocenters. The van der Waals surface area contributed by atoms with Crippen LogP contribution in [0.2, 0.25) is 0 Å². The van der Waals surface area contributed by atoms with E-state index in [1.54, 1.807) is 25.1 Å². The van der Waals surface area contributed by atoms with Gasteiger partial charge in [0.2, 0.25) is 5.91 Å². The third-order valence-corrected chi connectivity index (χ3v) is 5.66. The number of halogens is 1. The number of amides is 1. The lowest BCUT2D eigenvalue weighted by Crippen LogP contribution is -2.38. The fourth-order valence-corrected chi connectivity index (χ4v) is 3.78. The normalized spacial score (nSPS) is 14.2. The zero-order valence-corrected chi connectivity index (χ0v) is 17.5. The highest BCUT2D eigenvalue weighted by atomic mass is 19.1. The predicted molar refractivity (Wildman–Crippen MR) is 119 cm³/mol. The van der Waals surface area contributed by atoms with Gasteiger partial charge in [-0.1, -0.05) is 0 Å². The monoisotopic (exact) mass is 435 g/mol. The first kappa shape index (κ1) is 21.4. The average molecular weight is 435 g/mol. The summed E-state index contributed by atoms with van der Waals surface area (Å²) in [6, 6.07) is 14.2. The van der Waals surface area contributed by atoms with Crippen LogP contribution in [-0.4, -0.2) is 34.1 Å². The molecule has 0 spiro atoms. The van der Waals surface area contributed by atoms with Crippen molar-refractivity contribution >= 4 is 23.1 Å². The first-order chi connectivity index (χ1) is 15.4. The molecule has 0 aliphatic carbocycles. The molecule has 8 nitrogen and oxygen atoms in total. The number of nitrogens with zero attached hydrogens (tertiary/aromatic N) is 4. The van der Waals surface area contributed by atoms with Crippen molar-refractivity contribution < 1.29 is 14.1 Å². The van der Waals surface area contributed by atoms with Crippen LogP contribution in [0.3, 0.4) is 0 Å². The molecule has 1 aliphatic rings. The zero-order valence-electron chi connectivity index (χ0n) is 17.5. The highest BCUT2D eigenvalue weighted by Gasteiger charge is 2.26. The van der Waals surface area contributed by atoms with E-state index in [1.165, 1.54) is 24.3 Å². The maximum absolute atomic E-state index is 13.1. The summed E-state index contributed by atoms with van der Waals surface area (Å²) in [5, 5.41) is 22.3. The van der Waals surface area contributed by atoms with Gasteiger partial charge in [-0.3, -0.25) is 14.9 Å². The summed E-state index contributed by atoms with van der Waals surface area (Å²) in [7, 11) is 0. The van der Waals surface area contributed by atoms with Crippen LogP contribution in [-0.2, 0) is 4.79 Å². The van der Waals surface area contributed by atoms with Gasteiger partial charge in [0.15, 0.2) is 5.82 Å². The largest absolute Gasteiger partial charge is 0.355 e. The van der Waals surface area contributed by atoms with E-state index in [1.807, 2.05) is 12.1 Å². The van der Waals surface area contributed by atoms with Crippen LogP contribution >= 0.6 is 0 Å². The molecule has 1 aliphatic heterocycles. The van der Waals surface area contributed by atoms with Gasteiger partial charge in [0.05, 0.1) is 10.6 Å². The number of aryl methyl sites for hydroxylation is 1. The number of aromatic nitrogens is 2. The first-order valence-electron chi connectivity index (χ1n) is 10.3. The van der Waals surface area contributed by atoms with Crippen LogP contribution in [0.1, 0.15) is 18.4 Å². The number of rotatable bonds is 5. The molecule has 3 aromatic rings. The number of piperidine rings is 1. The Bertz CT molecular complexity index is 1130. The average Bonchev–Trinajstić information content (AvgIpc) is 2.81. The summed E-state index contributed by atoms with van der Waals surface area (Å²) in [5.41, 5.74) is 2.70. The standard InChI is InChI=1S/C23H22FN5O3/c1-15-14-19(29(31)32)6-7-20(15)25-23(30)17-10-12-28(13-11-17)22-9-8-21(26-27-22)16-2-4-18(24)5-3-16/h2-9,14,17H,10-13H2,1H3,(H,25,30). The quantitative estimate of drug-likeness (QED) is 0.472. The van der Waals surface area contributed by atoms with Gasteiger partial charge in [0.1, 0.15) is 5.82 Å². The Labute approximate surface area is 184 Å². The van der Waals surface area contributed by atoms with E-state index in [4.69, 9.17) is 0 Å². The maximum atomic E-state index is 13.1. The number of nitro benzene ring substituents is 1. The first-order valence-corrected chi connectivity index (χ1v) is 10.3. The molecule has 0 bridgehead atoms. The smallest absolute Gasteiger partial charge is 0.269 e. The van der Waals surface area contributed by atoms with Crippen molar-refractivity contribution in [1.29, 1.82) is 0 Å². The molecular formula is C23H22FN5O3. The molecule has 9 heteroatoms. The van der Waals surface area contributed by atoms with Gasteiger partial charge in [-0.25, -0.2) is 4.39 Å². The van der Waals surface area contributed by atoms with Crippen LogP contribution in [0, 0.1) is 28.8 Å². The summed E-state index contributed by atoms with van der Waals surface area (Å²) in [6.45, 7) is 3.07. The van der Waals surface area contributed by atoms with Crippen LogP contribution in [0.25, 0.3) is 11.3 Å². The minimum absolute atomic E-state index is 0.000336. The maximum Gasteiger partial charge on any atom is 0.269 e. The van der Waals surface area contributed by atoms with Crippen molar-refractivity contribution in [1.82, 2.24) is 10.2 Å². The SMILES string of the molecule is Cc1cc([N+](=O)[O-])ccc1NC(=O)C1CCN(c2ccc(-c3ccc(F)cc3)nn2)CC1. The molecule has 164 valence electrons. The number of hydrogen-bond donors (Lipinski definition) is 1. The summed E-state index contributed by atoms with van der Waals surface area (Å²) in [5.74, 6) is 0.210. The lowest BCUT2D eigenvalue weighted by molar-refractivity contribution is -0.384. The van der Waals surface area contributed by atoms with Crippen LogP contribution in [0.5, 0.6) is 0 Å². The second-order valence-electron chi connectivity index (χ2n) is 7.79. The molecule has 1 N–H and O–H groups in total. The fraction of sp³-hybridized carbons (Fsp3) is 0.261. The minimum Gasteiger partial charge on any atom is -0.355 e. The summed E-state index contributed by atoms with van der Waals surface area (Å²) >= 11 is 0. The van der Waals surface area contributed by atoms with Gasteiger partial charge >= 0.3 is 0 Å². The number of carbonyl (C=O) groups excluding carboxylic acids is 1. The molecule has 32 heavy (non-hydrogen) atoms. The van der Waals surface area contributed by atoms with Crippen molar-refractivity contribution in [2.24, 2.45) is 5.92 Å². The molecule has 1 saturated heterocycles. The van der Waals surface area contributed by atoms with Crippen LogP contribution in [0.15, 0.2) is 54.6 Å². The third kappa shape index (κ3) is 4.72. The van der Waals surface area contributed by atoms with E-state index in [9.17, 15) is 19.3 Å². The number of nitro groups is 1. The molecule has 0 saturated carbocycles. The van der Waals surface area contributed by atoms with Crippen molar-refractivity contribution in [2.75, 3.05) is 23.3 Å². The van der Waals surface area contributed by atoms with E-state index < -0.39 is 4.92 Å². The summed E-state index contributed by atoms with van der Waals surface area (Å²) in [6.07, 6.45) is 1.33. The molecule has 0 unspecified atom stereocenters. The van der Waals surface area contributed by atoms with Gasteiger partial charge in [-0.05, 0) is 67.8 Å². The Balaban J connectivity index is 1.34. The van der Waals surface area contributed by atoms with E-state index in [-0.39, 0.29) is 23.3 Å². The van der Waals surface area contributed by atoms with E-state index >= 15 is 0 Å². The number of benzene rings is 2. The Morgan fingerprint density at radius 1 is 1.09 bits per heavy atom. The topological polar surface area (TPSA) is 101 Å². The highest BCUT2D eigenvalue weighted by Crippen LogP contribution is 2.26. The summed E-state index contributed by atoms with van der Waals surface area (Å²) < 4.78 is 13.1. The van der Waals surface area contributed by atoms with Gasteiger partial charge in [0.25, 0.3) is 5.69 Å². The van der Waals surface area contributed by atoms with Crippen molar-refractivity contribution in [3.63, 3.8) is 0 Å². The molecule has 2 aromatic carbocycles. The van der Waals surface area contributed by atoms with Crippen molar-refractivity contribution in [2.45, 2.75) is 19.8 Å². The van der Waals surface area contributed by atoms with Crippen LogP contribution < -0.4 is 10.2 Å². The van der Waals surface area contributed by atoms with E-state index in [0.29, 0.717) is 42.9 Å².